The van der Waals surface area contributed by atoms with Crippen molar-refractivity contribution in [2.75, 3.05) is 33.8 Å². The molecule has 4 aromatic rings. The molecule has 0 aliphatic heterocycles. The lowest BCUT2D eigenvalue weighted by Gasteiger charge is -2.13. The Bertz CT molecular complexity index is 1460. The highest BCUT2D eigenvalue weighted by atomic mass is 32.1. The van der Waals surface area contributed by atoms with Crippen LogP contribution in [0.1, 0.15) is 5.01 Å². The second kappa shape index (κ2) is 10.0. The molecule has 1 amide bonds. The third-order valence-electron chi connectivity index (χ3n) is 5.24. The van der Waals surface area contributed by atoms with Gasteiger partial charge in [0.15, 0.2) is 17.0 Å². The number of nitrogens with one attached hydrogen (secondary N) is 1. The summed E-state index contributed by atoms with van der Waals surface area (Å²) < 4.78 is 23.0. The first kappa shape index (κ1) is 24.0. The molecule has 4 rings (SSSR count). The fourth-order valence-electron chi connectivity index (χ4n) is 3.58. The number of fused-ring (bicyclic) bond motifs is 1. The van der Waals surface area contributed by atoms with Crippen molar-refractivity contribution in [3.8, 4) is 34.3 Å². The van der Waals surface area contributed by atoms with E-state index in [-0.39, 0.29) is 12.1 Å². The predicted molar refractivity (Wildman–Crippen MR) is 133 cm³/mol. The highest BCUT2D eigenvalue weighted by Gasteiger charge is 2.20. The standard InChI is InChI=1S/C24H24N4O6S/c1-13-25-22-23(35-13)21(14-6-8-18(33-4)19(10-14)34-5)27-28(24(22)30)12-20(29)26-16-11-15(31-2)7-9-17(16)32-3/h6-11H,12H2,1-5H3,(H,26,29). The molecule has 2 heterocycles. The molecule has 2 aromatic heterocycles. The van der Waals surface area contributed by atoms with Gasteiger partial charge in [-0.2, -0.15) is 5.10 Å². The van der Waals surface area contributed by atoms with Crippen molar-refractivity contribution in [2.24, 2.45) is 0 Å². The third kappa shape index (κ3) is 4.76. The van der Waals surface area contributed by atoms with Crippen LogP contribution in [-0.2, 0) is 11.3 Å². The van der Waals surface area contributed by atoms with E-state index < -0.39 is 11.5 Å². The van der Waals surface area contributed by atoms with Crippen LogP contribution in [0, 0.1) is 6.92 Å². The zero-order chi connectivity index (χ0) is 25.1. The molecule has 0 aliphatic carbocycles. The maximum Gasteiger partial charge on any atom is 0.294 e. The monoisotopic (exact) mass is 496 g/mol. The Morgan fingerprint density at radius 1 is 0.971 bits per heavy atom. The summed E-state index contributed by atoms with van der Waals surface area (Å²) in [4.78, 5) is 30.4. The van der Waals surface area contributed by atoms with E-state index in [1.54, 1.807) is 44.6 Å². The first-order valence-electron chi connectivity index (χ1n) is 10.5. The molecule has 0 fully saturated rings. The molecule has 0 unspecified atom stereocenters. The van der Waals surface area contributed by atoms with Gasteiger partial charge >= 0.3 is 0 Å². The van der Waals surface area contributed by atoms with Crippen LogP contribution in [0.3, 0.4) is 0 Å². The number of nitrogens with zero attached hydrogens (tertiary/aromatic N) is 3. The van der Waals surface area contributed by atoms with Gasteiger partial charge in [-0.05, 0) is 37.3 Å². The van der Waals surface area contributed by atoms with E-state index in [0.717, 1.165) is 4.68 Å². The predicted octanol–water partition coefficient (Wildman–Crippen LogP) is 3.50. The first-order valence-corrected chi connectivity index (χ1v) is 11.3. The fourth-order valence-corrected chi connectivity index (χ4v) is 4.50. The largest absolute Gasteiger partial charge is 0.497 e. The molecule has 0 atom stereocenters. The van der Waals surface area contributed by atoms with Crippen LogP contribution < -0.4 is 29.8 Å². The minimum absolute atomic E-state index is 0.249. The van der Waals surface area contributed by atoms with Crippen LogP contribution in [-0.4, -0.2) is 49.1 Å². The van der Waals surface area contributed by atoms with Gasteiger partial charge in [-0.15, -0.1) is 11.3 Å². The topological polar surface area (TPSA) is 114 Å². The van der Waals surface area contributed by atoms with Gasteiger partial charge in [0.1, 0.15) is 23.7 Å². The summed E-state index contributed by atoms with van der Waals surface area (Å²) in [7, 11) is 6.12. The average Bonchev–Trinajstić information content (AvgIpc) is 3.27. The van der Waals surface area contributed by atoms with Gasteiger partial charge in [-0.1, -0.05) is 0 Å². The Morgan fingerprint density at radius 2 is 1.69 bits per heavy atom. The smallest absolute Gasteiger partial charge is 0.294 e. The number of hydrogen-bond acceptors (Lipinski definition) is 9. The summed E-state index contributed by atoms with van der Waals surface area (Å²) in [6.07, 6.45) is 0. The zero-order valence-corrected chi connectivity index (χ0v) is 20.7. The number of aryl methyl sites for hydroxylation is 1. The molecular formula is C24H24N4O6S. The minimum Gasteiger partial charge on any atom is -0.497 e. The molecule has 0 saturated heterocycles. The Kier molecular flexibility index (Phi) is 6.87. The molecule has 1 N–H and O–H groups in total. The van der Waals surface area contributed by atoms with Gasteiger partial charge in [-0.3, -0.25) is 9.59 Å². The van der Waals surface area contributed by atoms with Crippen LogP contribution in [0.5, 0.6) is 23.0 Å². The molecule has 0 spiro atoms. The number of methoxy groups -OCH3 is 4. The number of aromatic nitrogens is 3. The van der Waals surface area contributed by atoms with Crippen molar-refractivity contribution >= 4 is 33.1 Å². The van der Waals surface area contributed by atoms with Gasteiger partial charge in [0.25, 0.3) is 5.56 Å². The second-order valence-electron chi connectivity index (χ2n) is 7.41. The molecule has 0 saturated carbocycles. The molecule has 2 aromatic carbocycles. The van der Waals surface area contributed by atoms with Gasteiger partial charge in [0.2, 0.25) is 5.91 Å². The normalized spacial score (nSPS) is 10.8. The lowest BCUT2D eigenvalue weighted by atomic mass is 10.1. The van der Waals surface area contributed by atoms with Crippen molar-refractivity contribution in [1.29, 1.82) is 0 Å². The SMILES string of the molecule is COc1ccc(OC)c(NC(=O)Cn2nc(-c3ccc(OC)c(OC)c3)c3sc(C)nc3c2=O)c1. The molecular weight excluding hydrogens is 472 g/mol. The summed E-state index contributed by atoms with van der Waals surface area (Å²) in [5.74, 6) is 1.62. The number of anilines is 1. The number of amides is 1. The lowest BCUT2D eigenvalue weighted by Crippen LogP contribution is -2.30. The summed E-state index contributed by atoms with van der Waals surface area (Å²) >= 11 is 1.36. The molecule has 0 bridgehead atoms. The maximum atomic E-state index is 13.1. The quantitative estimate of drug-likeness (QED) is 0.394. The van der Waals surface area contributed by atoms with E-state index in [1.807, 2.05) is 13.0 Å². The van der Waals surface area contributed by atoms with E-state index in [0.29, 0.717) is 49.7 Å². The zero-order valence-electron chi connectivity index (χ0n) is 19.9. The van der Waals surface area contributed by atoms with Gasteiger partial charge in [0.05, 0.1) is 43.8 Å². The summed E-state index contributed by atoms with van der Waals surface area (Å²) in [5, 5.41) is 8.01. The highest BCUT2D eigenvalue weighted by molar-refractivity contribution is 7.19. The Hall–Kier alpha value is -4.12. The number of carbonyl (C=O) groups is 1. The number of thiazole rings is 1. The molecule has 35 heavy (non-hydrogen) atoms. The summed E-state index contributed by atoms with van der Waals surface area (Å²) in [6.45, 7) is 1.49. The van der Waals surface area contributed by atoms with Crippen molar-refractivity contribution < 1.29 is 23.7 Å². The van der Waals surface area contributed by atoms with Gasteiger partial charge in [-0.25, -0.2) is 9.67 Å². The Balaban J connectivity index is 1.75. The van der Waals surface area contributed by atoms with Crippen molar-refractivity contribution in [3.63, 3.8) is 0 Å². The van der Waals surface area contributed by atoms with Gasteiger partial charge in [0, 0.05) is 11.6 Å². The minimum atomic E-state index is -0.462. The van der Waals surface area contributed by atoms with Crippen LogP contribution >= 0.6 is 11.3 Å². The van der Waals surface area contributed by atoms with Crippen LogP contribution in [0.25, 0.3) is 21.5 Å². The number of ether oxygens (including phenoxy) is 4. The molecule has 0 aliphatic rings. The van der Waals surface area contributed by atoms with E-state index in [9.17, 15) is 9.59 Å². The first-order chi connectivity index (χ1) is 16.9. The van der Waals surface area contributed by atoms with Crippen molar-refractivity contribution in [2.45, 2.75) is 13.5 Å². The summed E-state index contributed by atoms with van der Waals surface area (Å²) in [6, 6.07) is 10.4. The molecule has 182 valence electrons. The third-order valence-corrected chi connectivity index (χ3v) is 6.22. The number of rotatable bonds is 8. The fraction of sp³-hybridized carbons (Fsp3) is 0.250. The maximum absolute atomic E-state index is 13.1. The number of benzene rings is 2. The average molecular weight is 497 g/mol. The van der Waals surface area contributed by atoms with E-state index in [2.05, 4.69) is 15.4 Å². The number of hydrogen-bond donors (Lipinski definition) is 1. The molecule has 0 radical (unpaired) electrons. The van der Waals surface area contributed by atoms with Crippen LogP contribution in [0.4, 0.5) is 5.69 Å². The van der Waals surface area contributed by atoms with Crippen LogP contribution in [0.15, 0.2) is 41.2 Å². The molecule has 10 nitrogen and oxygen atoms in total. The Labute approximate surface area is 205 Å². The van der Waals surface area contributed by atoms with Crippen molar-refractivity contribution in [1.82, 2.24) is 14.8 Å². The Morgan fingerprint density at radius 3 is 2.37 bits per heavy atom. The second-order valence-corrected chi connectivity index (χ2v) is 8.61. The van der Waals surface area contributed by atoms with E-state index >= 15 is 0 Å². The number of carbonyl (C=O) groups excluding carboxylic acids is 1. The lowest BCUT2D eigenvalue weighted by molar-refractivity contribution is -0.117. The highest BCUT2D eigenvalue weighted by Crippen LogP contribution is 2.35. The van der Waals surface area contributed by atoms with E-state index in [4.69, 9.17) is 18.9 Å². The summed E-state index contributed by atoms with van der Waals surface area (Å²) in [5.41, 5.74) is 1.41. The van der Waals surface area contributed by atoms with Crippen LogP contribution in [0.2, 0.25) is 0 Å². The van der Waals surface area contributed by atoms with Gasteiger partial charge < -0.3 is 24.3 Å². The molecule has 11 heteroatoms. The van der Waals surface area contributed by atoms with E-state index in [1.165, 1.54) is 25.6 Å². The van der Waals surface area contributed by atoms with Crippen molar-refractivity contribution in [3.05, 3.63) is 51.8 Å².